The van der Waals surface area contributed by atoms with E-state index in [1.807, 2.05) is 0 Å². The minimum Gasteiger partial charge on any atom is -1.00 e. The van der Waals surface area contributed by atoms with Gasteiger partial charge in [-0.3, -0.25) is 0 Å². The van der Waals surface area contributed by atoms with Crippen LogP contribution in [0.2, 0.25) is 0 Å². The number of hydrogen-bond acceptors (Lipinski definition) is 1. The average molecular weight is 359 g/mol. The molecule has 2 nitrogen and oxygen atoms in total. The molecule has 0 saturated carbocycles. The monoisotopic (exact) mass is 356 g/mol. The topological polar surface area (TPSA) is 26.9 Å². The summed E-state index contributed by atoms with van der Waals surface area (Å²) in [5, 5.41) is 10.2. The Bertz CT molecular complexity index is 153. The van der Waals surface area contributed by atoms with Crippen molar-refractivity contribution in [3.8, 4) is 0 Å². The Morgan fingerprint density at radius 1 is 0.750 bits per heavy atom. The van der Waals surface area contributed by atoms with E-state index in [9.17, 15) is 5.21 Å². The molecule has 0 N–H and O–H groups in total. The van der Waals surface area contributed by atoms with Crippen LogP contribution in [0.1, 0.15) is 0 Å². The van der Waals surface area contributed by atoms with Gasteiger partial charge in [-0.2, -0.15) is 4.73 Å². The Balaban J connectivity index is -0.0000000327. The first kappa shape index (κ1) is 29.3. The van der Waals surface area contributed by atoms with Crippen molar-refractivity contribution in [3.05, 3.63) is 35.8 Å². The normalized spacial score (nSPS) is 5.00. The zero-order valence-electron chi connectivity index (χ0n) is 5.70. The molecule has 1 aromatic rings. The number of aromatic nitrogens is 1. The molecule has 1 heterocycles. The first-order valence-electron chi connectivity index (χ1n) is 2.03. The third kappa shape index (κ3) is 13.5. The third-order valence-corrected chi connectivity index (χ3v) is 0.688. The summed E-state index contributed by atoms with van der Waals surface area (Å²) < 4.78 is 0.750. The second-order valence-corrected chi connectivity index (χ2v) is 1.24. The largest absolute Gasteiger partial charge is 5.00 e. The van der Waals surface area contributed by atoms with Crippen LogP contribution in [0, 0.1) is 5.21 Å². The molecule has 0 unspecified atom stereocenters. The second kappa shape index (κ2) is 17.9. The summed E-state index contributed by atoms with van der Waals surface area (Å²) in [7, 11) is 0. The van der Waals surface area contributed by atoms with Crippen LogP contribution in [0.3, 0.4) is 0 Å². The molecule has 68 valence electrons. The van der Waals surface area contributed by atoms with Crippen LogP contribution in [0.15, 0.2) is 30.6 Å². The van der Waals surface area contributed by atoms with Crippen molar-refractivity contribution in [3.63, 3.8) is 0 Å². The van der Waals surface area contributed by atoms with Gasteiger partial charge >= 0.3 is 24.4 Å². The van der Waals surface area contributed by atoms with Crippen LogP contribution in [0.4, 0.5) is 0 Å². The van der Waals surface area contributed by atoms with Crippen molar-refractivity contribution in [1.29, 1.82) is 0 Å². The predicted molar refractivity (Wildman–Crippen MR) is 31.2 cm³/mol. The van der Waals surface area contributed by atoms with Gasteiger partial charge in [0.1, 0.15) is 0 Å². The molecule has 1 rings (SSSR count). The summed E-state index contributed by atoms with van der Waals surface area (Å²) in [5.74, 6) is 0. The Labute approximate surface area is 114 Å². The van der Waals surface area contributed by atoms with Crippen LogP contribution in [-0.4, -0.2) is 24.4 Å². The van der Waals surface area contributed by atoms with Crippen molar-refractivity contribution in [1.82, 2.24) is 0 Å². The Morgan fingerprint density at radius 2 is 1.08 bits per heavy atom. The van der Waals surface area contributed by atoms with E-state index in [4.69, 9.17) is 0 Å². The molecule has 1 aromatic heterocycles. The standard InChI is InChI=1S/C5H5NO.4ClH.Sb/c7-6-4-2-1-3-5-6;;;;;/h1-5H;4*1H;/q;;;;;+5/p-4. The average Bonchev–Trinajstić information content (AvgIpc) is 1.69. The van der Waals surface area contributed by atoms with Gasteiger partial charge in [0.05, 0.1) is 0 Å². The number of nitrogens with zero attached hydrogens (tertiary/aromatic N) is 1. The number of hydrogen-bond donors (Lipinski definition) is 0. The van der Waals surface area contributed by atoms with Gasteiger partial charge in [-0.05, 0) is 0 Å². The number of pyridine rings is 1. The van der Waals surface area contributed by atoms with Gasteiger partial charge < -0.3 is 54.8 Å². The molecule has 0 bridgehead atoms. The minimum absolute atomic E-state index is 0. The summed E-state index contributed by atoms with van der Waals surface area (Å²) in [6, 6.07) is 5.18. The van der Waals surface area contributed by atoms with E-state index in [1.54, 1.807) is 18.2 Å². The maximum Gasteiger partial charge on any atom is 5.00 e. The molecule has 0 aromatic carbocycles. The first-order chi connectivity index (χ1) is 3.39. The van der Waals surface area contributed by atoms with Gasteiger partial charge in [0, 0.05) is 12.1 Å². The number of rotatable bonds is 0. The van der Waals surface area contributed by atoms with Gasteiger partial charge in [-0.1, -0.05) is 6.07 Å². The fraction of sp³-hybridized carbons (Fsp3) is 0. The van der Waals surface area contributed by atoms with Gasteiger partial charge in [0.2, 0.25) is 0 Å². The van der Waals surface area contributed by atoms with E-state index in [1.165, 1.54) is 12.4 Å². The zero-order valence-corrected chi connectivity index (χ0v) is 11.3. The fourth-order valence-electron chi connectivity index (χ4n) is 0.383. The molecular formula is C5H5Cl4NOSb+. The summed E-state index contributed by atoms with van der Waals surface area (Å²) in [6.45, 7) is 0. The quantitative estimate of drug-likeness (QED) is 0.257. The fourth-order valence-corrected chi connectivity index (χ4v) is 0.383. The van der Waals surface area contributed by atoms with Crippen molar-refractivity contribution in [2.24, 2.45) is 0 Å². The Morgan fingerprint density at radius 3 is 1.25 bits per heavy atom. The van der Waals surface area contributed by atoms with Crippen molar-refractivity contribution >= 4 is 24.4 Å². The molecule has 12 heavy (non-hydrogen) atoms. The third-order valence-electron chi connectivity index (χ3n) is 0.688. The Kier molecular flexibility index (Phi) is 43.6. The maximum absolute atomic E-state index is 10.2. The molecule has 0 atom stereocenters. The van der Waals surface area contributed by atoms with Gasteiger partial charge in [0.25, 0.3) is 0 Å². The summed E-state index contributed by atoms with van der Waals surface area (Å²) in [6.07, 6.45) is 2.89. The van der Waals surface area contributed by atoms with Crippen LogP contribution >= 0.6 is 0 Å². The molecule has 0 aliphatic carbocycles. The summed E-state index contributed by atoms with van der Waals surface area (Å²) in [5.41, 5.74) is 0. The molecule has 7 heteroatoms. The van der Waals surface area contributed by atoms with E-state index in [0.717, 1.165) is 4.73 Å². The van der Waals surface area contributed by atoms with Crippen LogP contribution in [-0.2, 0) is 0 Å². The molecular weight excluding hydrogens is 354 g/mol. The maximum atomic E-state index is 10.2. The molecule has 0 aliphatic heterocycles. The van der Waals surface area contributed by atoms with Gasteiger partial charge in [-0.15, -0.1) is 0 Å². The molecule has 0 saturated heterocycles. The van der Waals surface area contributed by atoms with Crippen LogP contribution < -0.4 is 54.4 Å². The first-order valence-corrected chi connectivity index (χ1v) is 2.03. The van der Waals surface area contributed by atoms with Crippen LogP contribution in [0.5, 0.6) is 0 Å². The molecule has 0 spiro atoms. The van der Waals surface area contributed by atoms with Crippen LogP contribution in [0.25, 0.3) is 0 Å². The van der Waals surface area contributed by atoms with E-state index in [-0.39, 0.29) is 74.1 Å². The number of halogens is 4. The van der Waals surface area contributed by atoms with E-state index in [0.29, 0.717) is 0 Å². The molecule has 0 radical (unpaired) electrons. The summed E-state index contributed by atoms with van der Waals surface area (Å²) in [4.78, 5) is 0. The molecule has 0 aliphatic rings. The molecule has 0 fully saturated rings. The van der Waals surface area contributed by atoms with Crippen molar-refractivity contribution < 1.29 is 54.4 Å². The van der Waals surface area contributed by atoms with Gasteiger partial charge in [0.15, 0.2) is 12.4 Å². The van der Waals surface area contributed by atoms with E-state index in [2.05, 4.69) is 0 Å². The minimum atomic E-state index is 0. The zero-order chi connectivity index (χ0) is 5.11. The second-order valence-electron chi connectivity index (χ2n) is 1.24. The SMILES string of the molecule is [Cl-].[Cl-].[Cl-].[Cl-].[O-][n+]1ccccc1.[Sb+5]. The summed E-state index contributed by atoms with van der Waals surface area (Å²) >= 11 is 0. The van der Waals surface area contributed by atoms with Crippen molar-refractivity contribution in [2.75, 3.05) is 0 Å². The van der Waals surface area contributed by atoms with Gasteiger partial charge in [-0.25, -0.2) is 0 Å². The predicted octanol–water partition coefficient (Wildman–Crippen LogP) is -12.0. The Hall–Kier alpha value is 0.928. The van der Waals surface area contributed by atoms with E-state index < -0.39 is 0 Å². The van der Waals surface area contributed by atoms with E-state index >= 15 is 0 Å². The smallest absolute Gasteiger partial charge is 1.00 e. The molecule has 0 amide bonds. The van der Waals surface area contributed by atoms with Crippen molar-refractivity contribution in [2.45, 2.75) is 0 Å².